The van der Waals surface area contributed by atoms with Crippen LogP contribution in [0.15, 0.2) is 0 Å². The van der Waals surface area contributed by atoms with Crippen LogP contribution in [0.2, 0.25) is 0 Å². The van der Waals surface area contributed by atoms with E-state index in [1.165, 1.54) is 0 Å². The molecule has 6 N–H and O–H groups in total. The highest BCUT2D eigenvalue weighted by Gasteiger charge is 2.15. The van der Waals surface area contributed by atoms with Gasteiger partial charge in [-0.1, -0.05) is 0 Å². The molecule has 0 saturated carbocycles. The Morgan fingerprint density at radius 3 is 2.27 bits per heavy atom. The molecule has 0 spiro atoms. The summed E-state index contributed by atoms with van der Waals surface area (Å²) in [7, 11) is 0. The summed E-state index contributed by atoms with van der Waals surface area (Å²) < 4.78 is 4.14. The van der Waals surface area contributed by atoms with Crippen LogP contribution in [0, 0.1) is 0 Å². The van der Waals surface area contributed by atoms with Crippen LogP contribution in [0.5, 0.6) is 0 Å². The second kappa shape index (κ2) is 4.78. The molecule has 0 aliphatic rings. The summed E-state index contributed by atoms with van der Waals surface area (Å²) in [5.41, 5.74) is 15.0. The van der Waals surface area contributed by atoms with Gasteiger partial charge >= 0.3 is 11.9 Å². The van der Waals surface area contributed by atoms with E-state index < -0.39 is 18.0 Å². The summed E-state index contributed by atoms with van der Waals surface area (Å²) in [6.07, 6.45) is 0. The Morgan fingerprint density at radius 2 is 1.91 bits per heavy atom. The van der Waals surface area contributed by atoms with Crippen molar-refractivity contribution in [2.45, 2.75) is 6.04 Å². The van der Waals surface area contributed by atoms with Crippen LogP contribution < -0.4 is 17.2 Å². The first-order chi connectivity index (χ1) is 5.11. The van der Waals surface area contributed by atoms with Crippen molar-refractivity contribution in [2.24, 2.45) is 17.2 Å². The molecule has 0 rings (SSSR count). The minimum Gasteiger partial charge on any atom is -0.391 e. The summed E-state index contributed by atoms with van der Waals surface area (Å²) >= 11 is 0. The topological polar surface area (TPSA) is 121 Å². The minimum absolute atomic E-state index is 0.0588. The lowest BCUT2D eigenvalue weighted by molar-refractivity contribution is -0.159. The third-order valence-corrected chi connectivity index (χ3v) is 0.938. The summed E-state index contributed by atoms with van der Waals surface area (Å²) in [5, 5.41) is 0. The van der Waals surface area contributed by atoms with Gasteiger partial charge in [0.1, 0.15) is 6.04 Å². The van der Waals surface area contributed by atoms with Crippen molar-refractivity contribution < 1.29 is 14.3 Å². The predicted molar refractivity (Wildman–Crippen MR) is 37.2 cm³/mol. The molecule has 0 amide bonds. The third-order valence-electron chi connectivity index (χ3n) is 0.938. The van der Waals surface area contributed by atoms with Gasteiger partial charge in [-0.15, -0.1) is 0 Å². The summed E-state index contributed by atoms with van der Waals surface area (Å²) in [6, 6.07) is -0.953. The monoisotopic (exact) mass is 161 g/mol. The summed E-state index contributed by atoms with van der Waals surface area (Å²) in [5.74, 6) is -1.65. The number of esters is 2. The molecule has 6 nitrogen and oxygen atoms in total. The molecule has 64 valence electrons. The van der Waals surface area contributed by atoms with Crippen LogP contribution in [-0.4, -0.2) is 31.1 Å². The molecule has 0 aromatic rings. The molecule has 0 fully saturated rings. The maximum atomic E-state index is 10.6. The molecule has 6 heteroatoms. The number of carbonyl (C=O) groups is 2. The third kappa shape index (κ3) is 3.66. The van der Waals surface area contributed by atoms with Crippen LogP contribution in [0.4, 0.5) is 0 Å². The maximum Gasteiger partial charge on any atom is 0.331 e. The van der Waals surface area contributed by atoms with Crippen molar-refractivity contribution in [3.05, 3.63) is 0 Å². The van der Waals surface area contributed by atoms with E-state index in [-0.39, 0.29) is 13.1 Å². The molecule has 0 aliphatic heterocycles. The molecule has 0 aromatic heterocycles. The summed E-state index contributed by atoms with van der Waals surface area (Å²) in [4.78, 5) is 21.0. The lowest BCUT2D eigenvalue weighted by atomic mass is 10.3. The number of ether oxygens (including phenoxy) is 1. The van der Waals surface area contributed by atoms with E-state index in [4.69, 9.17) is 17.2 Å². The highest BCUT2D eigenvalue weighted by atomic mass is 16.6. The molecule has 0 heterocycles. The zero-order chi connectivity index (χ0) is 8.85. The first kappa shape index (κ1) is 10.0. The highest BCUT2D eigenvalue weighted by Crippen LogP contribution is 1.83. The van der Waals surface area contributed by atoms with E-state index in [2.05, 4.69) is 4.74 Å². The van der Waals surface area contributed by atoms with Gasteiger partial charge in [-0.3, -0.25) is 4.79 Å². The number of hydrogen-bond donors (Lipinski definition) is 3. The number of hydrogen-bond acceptors (Lipinski definition) is 6. The van der Waals surface area contributed by atoms with E-state index in [9.17, 15) is 9.59 Å². The first-order valence-electron chi connectivity index (χ1n) is 3.02. The molecule has 0 aliphatic carbocycles. The van der Waals surface area contributed by atoms with Crippen molar-refractivity contribution in [1.29, 1.82) is 0 Å². The van der Waals surface area contributed by atoms with Gasteiger partial charge in [-0.05, 0) is 0 Å². The van der Waals surface area contributed by atoms with Gasteiger partial charge in [0, 0.05) is 6.54 Å². The fourth-order valence-corrected chi connectivity index (χ4v) is 0.326. The van der Waals surface area contributed by atoms with E-state index >= 15 is 0 Å². The van der Waals surface area contributed by atoms with Gasteiger partial charge in [0.05, 0.1) is 6.54 Å². The van der Waals surface area contributed by atoms with Crippen molar-refractivity contribution in [3.63, 3.8) is 0 Å². The van der Waals surface area contributed by atoms with Gasteiger partial charge in [0.25, 0.3) is 0 Å². The van der Waals surface area contributed by atoms with Gasteiger partial charge in [-0.2, -0.15) is 0 Å². The predicted octanol–water partition coefficient (Wildman–Crippen LogP) is -2.70. The SMILES string of the molecule is NCC(=O)OC(=O)C(N)CN. The zero-order valence-electron chi connectivity index (χ0n) is 5.95. The smallest absolute Gasteiger partial charge is 0.331 e. The first-order valence-corrected chi connectivity index (χ1v) is 3.02. The molecule has 1 unspecified atom stereocenters. The normalized spacial score (nSPS) is 12.3. The second-order valence-electron chi connectivity index (χ2n) is 1.84. The molecule has 0 saturated heterocycles. The van der Waals surface area contributed by atoms with Gasteiger partial charge < -0.3 is 21.9 Å². The lowest BCUT2D eigenvalue weighted by Crippen LogP contribution is -2.40. The Labute approximate surface area is 63.7 Å². The molecule has 11 heavy (non-hydrogen) atoms. The number of nitrogens with two attached hydrogens (primary N) is 3. The van der Waals surface area contributed by atoms with Crippen molar-refractivity contribution in [3.8, 4) is 0 Å². The average Bonchev–Trinajstić information content (AvgIpc) is 2.02. The number of rotatable bonds is 3. The van der Waals surface area contributed by atoms with E-state index in [0.717, 1.165) is 0 Å². The standard InChI is InChI=1S/C5H11N3O3/c6-1-3(8)5(10)11-4(9)2-7/h3H,1-2,6-8H2. The van der Waals surface area contributed by atoms with Gasteiger partial charge in [0.15, 0.2) is 0 Å². The van der Waals surface area contributed by atoms with Crippen LogP contribution in [0.1, 0.15) is 0 Å². The van der Waals surface area contributed by atoms with Crippen LogP contribution in [0.25, 0.3) is 0 Å². The zero-order valence-corrected chi connectivity index (χ0v) is 5.95. The quantitative estimate of drug-likeness (QED) is 0.306. The van der Waals surface area contributed by atoms with Gasteiger partial charge in [0.2, 0.25) is 0 Å². The Morgan fingerprint density at radius 1 is 1.36 bits per heavy atom. The van der Waals surface area contributed by atoms with Crippen LogP contribution >= 0.6 is 0 Å². The average molecular weight is 161 g/mol. The molecular weight excluding hydrogens is 150 g/mol. The molecule has 1 atom stereocenters. The van der Waals surface area contributed by atoms with Crippen molar-refractivity contribution in [2.75, 3.05) is 13.1 Å². The Balaban J connectivity index is 3.77. The van der Waals surface area contributed by atoms with E-state index in [1.54, 1.807) is 0 Å². The summed E-state index contributed by atoms with van der Waals surface area (Å²) in [6.45, 7) is -0.403. The molecule has 0 bridgehead atoms. The Bertz CT molecular complexity index is 159. The van der Waals surface area contributed by atoms with Gasteiger partial charge in [-0.25, -0.2) is 4.79 Å². The highest BCUT2D eigenvalue weighted by molar-refractivity contribution is 5.89. The largest absolute Gasteiger partial charge is 0.391 e. The van der Waals surface area contributed by atoms with E-state index in [1.807, 2.05) is 0 Å². The van der Waals surface area contributed by atoms with E-state index in [0.29, 0.717) is 0 Å². The Hall–Kier alpha value is -0.980. The molecular formula is C5H11N3O3. The maximum absolute atomic E-state index is 10.6. The molecule has 0 aromatic carbocycles. The lowest BCUT2D eigenvalue weighted by Gasteiger charge is -2.05. The fourth-order valence-electron chi connectivity index (χ4n) is 0.326. The van der Waals surface area contributed by atoms with Crippen molar-refractivity contribution in [1.82, 2.24) is 0 Å². The minimum atomic E-state index is -0.953. The fraction of sp³-hybridized carbons (Fsp3) is 0.600. The molecule has 0 radical (unpaired) electrons. The number of carbonyl (C=O) groups excluding carboxylic acids is 2. The van der Waals surface area contributed by atoms with Crippen LogP contribution in [-0.2, 0) is 14.3 Å². The second-order valence-corrected chi connectivity index (χ2v) is 1.84. The van der Waals surface area contributed by atoms with Crippen molar-refractivity contribution >= 4 is 11.9 Å². The van der Waals surface area contributed by atoms with Crippen LogP contribution in [0.3, 0.4) is 0 Å². The Kier molecular flexibility index (Phi) is 4.35.